The van der Waals surface area contributed by atoms with E-state index in [0.717, 1.165) is 53.3 Å². The van der Waals surface area contributed by atoms with E-state index in [9.17, 15) is 9.59 Å². The molecule has 1 heterocycles. The van der Waals surface area contributed by atoms with Gasteiger partial charge in [0, 0.05) is 56.0 Å². The Morgan fingerprint density at radius 2 is 1.74 bits per heavy atom. The predicted molar refractivity (Wildman–Crippen MR) is 151 cm³/mol. The summed E-state index contributed by atoms with van der Waals surface area (Å²) in [6.07, 6.45) is 4.22. The summed E-state index contributed by atoms with van der Waals surface area (Å²) in [7, 11) is 3.50. The Labute approximate surface area is 223 Å². The van der Waals surface area contributed by atoms with Gasteiger partial charge in [-0.1, -0.05) is 42.5 Å². The fourth-order valence-electron chi connectivity index (χ4n) is 5.76. The molecule has 1 atom stereocenters. The van der Waals surface area contributed by atoms with Crippen LogP contribution in [0.5, 0.6) is 0 Å². The molecule has 0 bridgehead atoms. The first-order chi connectivity index (χ1) is 18.2. The number of carbonyl (C=O) groups is 2. The highest BCUT2D eigenvalue weighted by Gasteiger charge is 2.36. The molecule has 0 spiro atoms. The van der Waals surface area contributed by atoms with Gasteiger partial charge in [-0.15, -0.1) is 0 Å². The summed E-state index contributed by atoms with van der Waals surface area (Å²) in [4.78, 5) is 30.2. The molecule has 3 aromatic carbocycles. The number of amides is 2. The van der Waals surface area contributed by atoms with Gasteiger partial charge < -0.3 is 26.6 Å². The van der Waals surface area contributed by atoms with Gasteiger partial charge in [0.15, 0.2) is 0 Å². The van der Waals surface area contributed by atoms with Crippen LogP contribution >= 0.6 is 0 Å². The van der Waals surface area contributed by atoms with Crippen molar-refractivity contribution in [2.75, 3.05) is 19.0 Å². The monoisotopic (exact) mass is 512 g/mol. The topological polar surface area (TPSA) is 129 Å². The number of nitrogens with two attached hydrogens (primary N) is 2. The van der Waals surface area contributed by atoms with Crippen molar-refractivity contribution in [1.82, 2.24) is 10.2 Å². The number of carbonyl (C=O) groups excluding carboxylic acids is 2. The van der Waals surface area contributed by atoms with E-state index in [0.29, 0.717) is 24.1 Å². The van der Waals surface area contributed by atoms with Crippen LogP contribution in [-0.4, -0.2) is 54.8 Å². The SMILES string of the molecule is CN(C)C(=O)c1ccc(CN2c3cc(C(=N)N)ccc3CC2C(=O)NC2CCC(N)CC2)c2ccccc12. The zero-order valence-electron chi connectivity index (χ0n) is 22.0. The number of nitrogen functional groups attached to an aromatic ring is 1. The van der Waals surface area contributed by atoms with E-state index >= 15 is 0 Å². The van der Waals surface area contributed by atoms with E-state index in [4.69, 9.17) is 16.9 Å². The number of nitrogens with one attached hydrogen (secondary N) is 2. The maximum absolute atomic E-state index is 13.7. The van der Waals surface area contributed by atoms with Crippen LogP contribution in [0.15, 0.2) is 54.6 Å². The molecular formula is C30H36N6O2. The molecule has 198 valence electrons. The van der Waals surface area contributed by atoms with E-state index in [-0.39, 0.29) is 35.8 Å². The van der Waals surface area contributed by atoms with Gasteiger partial charge in [0.05, 0.1) is 0 Å². The van der Waals surface area contributed by atoms with Crippen molar-refractivity contribution in [1.29, 1.82) is 5.41 Å². The minimum atomic E-state index is -0.385. The summed E-state index contributed by atoms with van der Waals surface area (Å²) >= 11 is 0. The molecule has 3 aromatic rings. The fourth-order valence-corrected chi connectivity index (χ4v) is 5.76. The lowest BCUT2D eigenvalue weighted by molar-refractivity contribution is -0.123. The van der Waals surface area contributed by atoms with Crippen molar-refractivity contribution in [3.63, 3.8) is 0 Å². The molecule has 8 nitrogen and oxygen atoms in total. The van der Waals surface area contributed by atoms with Gasteiger partial charge >= 0.3 is 0 Å². The Bertz CT molecular complexity index is 1390. The average Bonchev–Trinajstić information content (AvgIpc) is 3.27. The smallest absolute Gasteiger partial charge is 0.253 e. The van der Waals surface area contributed by atoms with Crippen LogP contribution in [0, 0.1) is 5.41 Å². The first kappa shape index (κ1) is 25.7. The second kappa shape index (κ2) is 10.5. The summed E-state index contributed by atoms with van der Waals surface area (Å²) in [5.74, 6) is -0.0409. The lowest BCUT2D eigenvalue weighted by atomic mass is 9.91. The number of benzene rings is 3. The number of hydrogen-bond donors (Lipinski definition) is 4. The highest BCUT2D eigenvalue weighted by molar-refractivity contribution is 6.07. The zero-order valence-corrected chi connectivity index (χ0v) is 22.0. The third-order valence-electron chi connectivity index (χ3n) is 7.91. The second-order valence-corrected chi connectivity index (χ2v) is 10.7. The summed E-state index contributed by atoms with van der Waals surface area (Å²) in [5.41, 5.74) is 16.2. The van der Waals surface area contributed by atoms with Gasteiger partial charge in [0.1, 0.15) is 11.9 Å². The largest absolute Gasteiger partial charge is 0.384 e. The summed E-state index contributed by atoms with van der Waals surface area (Å²) in [6, 6.07) is 17.5. The van der Waals surface area contributed by atoms with Gasteiger partial charge in [0.2, 0.25) is 5.91 Å². The Hall–Kier alpha value is -3.91. The normalized spacial score (nSPS) is 20.7. The minimum absolute atomic E-state index is 0.00352. The summed E-state index contributed by atoms with van der Waals surface area (Å²) in [6.45, 7) is 0.485. The van der Waals surface area contributed by atoms with E-state index in [1.165, 1.54) is 0 Å². The number of amidine groups is 1. The van der Waals surface area contributed by atoms with Gasteiger partial charge in [0.25, 0.3) is 5.91 Å². The number of anilines is 1. The molecule has 6 N–H and O–H groups in total. The fraction of sp³-hybridized carbons (Fsp3) is 0.367. The molecule has 0 radical (unpaired) electrons. The quantitative estimate of drug-likeness (QED) is 0.298. The van der Waals surface area contributed by atoms with Crippen molar-refractivity contribution in [2.45, 2.75) is 56.8 Å². The molecule has 1 aliphatic carbocycles. The molecule has 1 saturated carbocycles. The molecule has 1 aliphatic heterocycles. The van der Waals surface area contributed by atoms with Crippen LogP contribution in [0.1, 0.15) is 52.7 Å². The van der Waals surface area contributed by atoms with Crippen molar-refractivity contribution >= 4 is 34.1 Å². The molecule has 1 unspecified atom stereocenters. The third kappa shape index (κ3) is 4.96. The molecule has 8 heteroatoms. The first-order valence-electron chi connectivity index (χ1n) is 13.2. The standard InChI is InChI=1S/C30H36N6O2/c1-35(2)30(38)25-14-9-20(23-5-3-4-6-24(23)25)17-36-26-16-19(28(32)33)8-7-18(26)15-27(36)29(37)34-22-12-10-21(31)11-13-22/h3-9,14,16,21-22,27H,10-13,15,17,31H2,1-2H3,(H3,32,33)(H,34,37). The van der Waals surface area contributed by atoms with Gasteiger partial charge in [-0.05, 0) is 59.7 Å². The Morgan fingerprint density at radius 1 is 1.03 bits per heavy atom. The van der Waals surface area contributed by atoms with Crippen molar-refractivity contribution in [3.8, 4) is 0 Å². The van der Waals surface area contributed by atoms with Crippen molar-refractivity contribution < 1.29 is 9.59 Å². The van der Waals surface area contributed by atoms with Crippen LogP contribution in [0.2, 0.25) is 0 Å². The minimum Gasteiger partial charge on any atom is -0.384 e. The third-order valence-corrected chi connectivity index (χ3v) is 7.91. The number of rotatable bonds is 6. The lowest BCUT2D eigenvalue weighted by Crippen LogP contribution is -2.49. The van der Waals surface area contributed by atoms with Crippen LogP contribution in [-0.2, 0) is 17.8 Å². The molecule has 2 amide bonds. The Kier molecular flexibility index (Phi) is 7.08. The van der Waals surface area contributed by atoms with Crippen LogP contribution in [0.4, 0.5) is 5.69 Å². The van der Waals surface area contributed by atoms with Gasteiger partial charge in [-0.2, -0.15) is 0 Å². The van der Waals surface area contributed by atoms with E-state index < -0.39 is 0 Å². The molecule has 1 fully saturated rings. The van der Waals surface area contributed by atoms with Crippen LogP contribution < -0.4 is 21.7 Å². The van der Waals surface area contributed by atoms with Gasteiger partial charge in [-0.3, -0.25) is 15.0 Å². The van der Waals surface area contributed by atoms with Crippen LogP contribution in [0.25, 0.3) is 10.8 Å². The maximum Gasteiger partial charge on any atom is 0.253 e. The van der Waals surface area contributed by atoms with E-state index in [1.54, 1.807) is 19.0 Å². The molecule has 5 rings (SSSR count). The molecular weight excluding hydrogens is 476 g/mol. The first-order valence-corrected chi connectivity index (χ1v) is 13.2. The number of nitrogens with zero attached hydrogens (tertiary/aromatic N) is 2. The number of hydrogen-bond acceptors (Lipinski definition) is 5. The average molecular weight is 513 g/mol. The molecule has 0 aromatic heterocycles. The van der Waals surface area contributed by atoms with Crippen molar-refractivity contribution in [2.24, 2.45) is 11.5 Å². The van der Waals surface area contributed by atoms with Crippen molar-refractivity contribution in [3.05, 3.63) is 76.9 Å². The van der Waals surface area contributed by atoms with Crippen LogP contribution in [0.3, 0.4) is 0 Å². The van der Waals surface area contributed by atoms with Gasteiger partial charge in [-0.25, -0.2) is 0 Å². The summed E-state index contributed by atoms with van der Waals surface area (Å²) < 4.78 is 0. The van der Waals surface area contributed by atoms with E-state index in [2.05, 4.69) is 10.2 Å². The predicted octanol–water partition coefficient (Wildman–Crippen LogP) is 3.14. The lowest BCUT2D eigenvalue weighted by Gasteiger charge is -2.31. The zero-order chi connectivity index (χ0) is 27.0. The molecule has 38 heavy (non-hydrogen) atoms. The summed E-state index contributed by atoms with van der Waals surface area (Å²) in [5, 5.41) is 13.1. The molecule has 2 aliphatic rings. The second-order valence-electron chi connectivity index (χ2n) is 10.7. The molecule has 0 saturated heterocycles. The number of fused-ring (bicyclic) bond motifs is 2. The maximum atomic E-state index is 13.7. The highest BCUT2D eigenvalue weighted by atomic mass is 16.2. The highest BCUT2D eigenvalue weighted by Crippen LogP contribution is 2.36. The Morgan fingerprint density at radius 3 is 2.42 bits per heavy atom. The van der Waals surface area contributed by atoms with E-state index in [1.807, 2.05) is 54.6 Å². The Balaban J connectivity index is 1.51.